The lowest BCUT2D eigenvalue weighted by molar-refractivity contribution is -0.130. The average molecular weight is 295 g/mol. The number of ether oxygens (including phenoxy) is 1. The van der Waals surface area contributed by atoms with Gasteiger partial charge in [0.15, 0.2) is 6.10 Å². The molecule has 22 heavy (non-hydrogen) atoms. The molecule has 0 bridgehead atoms. The summed E-state index contributed by atoms with van der Waals surface area (Å²) in [7, 11) is 0. The van der Waals surface area contributed by atoms with Gasteiger partial charge in [-0.3, -0.25) is 4.79 Å². The van der Waals surface area contributed by atoms with Crippen molar-refractivity contribution < 1.29 is 14.3 Å². The monoisotopic (exact) mass is 295 g/mol. The number of carbonyl (C=O) groups is 2. The molecule has 1 aliphatic rings. The fraction of sp³-hybridized carbons (Fsp3) is 0.222. The van der Waals surface area contributed by atoms with E-state index in [4.69, 9.17) is 4.74 Å². The smallest absolute Gasteiger partial charge is 0.417 e. The third-order valence-corrected chi connectivity index (χ3v) is 3.73. The minimum Gasteiger partial charge on any atom is -0.435 e. The first-order valence-corrected chi connectivity index (χ1v) is 7.25. The fourth-order valence-corrected chi connectivity index (χ4v) is 2.48. The average Bonchev–Trinajstić information content (AvgIpc) is 2.78. The van der Waals surface area contributed by atoms with E-state index in [0.717, 1.165) is 16.7 Å². The van der Waals surface area contributed by atoms with Crippen molar-refractivity contribution in [2.75, 3.05) is 0 Å². The molecular weight excluding hydrogens is 278 g/mol. The molecular formula is C18H17NO3. The van der Waals surface area contributed by atoms with Crippen LogP contribution in [-0.4, -0.2) is 23.0 Å². The highest BCUT2D eigenvalue weighted by Gasteiger charge is 2.40. The molecule has 1 aliphatic heterocycles. The summed E-state index contributed by atoms with van der Waals surface area (Å²) in [6, 6.07) is 17.3. The molecule has 2 amide bonds. The Morgan fingerprint density at radius 3 is 2.32 bits per heavy atom. The fourth-order valence-electron chi connectivity index (χ4n) is 2.48. The van der Waals surface area contributed by atoms with Crippen LogP contribution in [0.5, 0.6) is 0 Å². The van der Waals surface area contributed by atoms with Gasteiger partial charge in [-0.25, -0.2) is 9.69 Å². The number of imide groups is 1. The van der Waals surface area contributed by atoms with Gasteiger partial charge in [0.05, 0.1) is 6.54 Å². The van der Waals surface area contributed by atoms with Crippen LogP contribution in [0.2, 0.25) is 0 Å². The molecule has 1 atom stereocenters. The summed E-state index contributed by atoms with van der Waals surface area (Å²) >= 11 is 0. The lowest BCUT2D eigenvalue weighted by Gasteiger charge is -2.11. The van der Waals surface area contributed by atoms with Crippen molar-refractivity contribution in [2.45, 2.75) is 26.0 Å². The van der Waals surface area contributed by atoms with E-state index in [2.05, 4.69) is 0 Å². The Labute approximate surface area is 129 Å². The van der Waals surface area contributed by atoms with Gasteiger partial charge in [0, 0.05) is 6.42 Å². The van der Waals surface area contributed by atoms with Gasteiger partial charge in [0.1, 0.15) is 0 Å². The maximum absolute atomic E-state index is 12.4. The number of cyclic esters (lactones) is 1. The molecule has 1 fully saturated rings. The molecule has 1 heterocycles. The Morgan fingerprint density at radius 2 is 1.64 bits per heavy atom. The number of rotatable bonds is 4. The zero-order chi connectivity index (χ0) is 15.5. The maximum Gasteiger partial charge on any atom is 0.417 e. The van der Waals surface area contributed by atoms with E-state index in [0.29, 0.717) is 6.42 Å². The summed E-state index contributed by atoms with van der Waals surface area (Å²) in [6.45, 7) is 2.25. The quantitative estimate of drug-likeness (QED) is 0.871. The van der Waals surface area contributed by atoms with E-state index in [1.165, 1.54) is 4.90 Å². The molecule has 1 unspecified atom stereocenters. The first-order chi connectivity index (χ1) is 10.6. The minimum atomic E-state index is -0.722. The van der Waals surface area contributed by atoms with Gasteiger partial charge in [-0.05, 0) is 18.1 Å². The molecule has 0 saturated carbocycles. The predicted molar refractivity (Wildman–Crippen MR) is 82.1 cm³/mol. The maximum atomic E-state index is 12.4. The molecule has 3 rings (SSSR count). The molecule has 2 aromatic rings. The lowest BCUT2D eigenvalue weighted by atomic mass is 10.1. The number of carbonyl (C=O) groups excluding carboxylic acids is 2. The number of nitrogens with zero attached hydrogens (tertiary/aromatic N) is 1. The van der Waals surface area contributed by atoms with Crippen LogP contribution in [-0.2, 0) is 22.5 Å². The first-order valence-electron chi connectivity index (χ1n) is 7.25. The van der Waals surface area contributed by atoms with E-state index in [1.54, 1.807) is 0 Å². The summed E-state index contributed by atoms with van der Waals surface area (Å²) in [5.74, 6) is -0.269. The van der Waals surface area contributed by atoms with Crippen LogP contribution < -0.4 is 0 Å². The van der Waals surface area contributed by atoms with Gasteiger partial charge < -0.3 is 4.74 Å². The van der Waals surface area contributed by atoms with Gasteiger partial charge in [-0.15, -0.1) is 0 Å². The van der Waals surface area contributed by atoms with Gasteiger partial charge in [-0.1, -0.05) is 60.2 Å². The number of amides is 2. The van der Waals surface area contributed by atoms with Crippen LogP contribution in [0.3, 0.4) is 0 Å². The molecule has 1 saturated heterocycles. The molecule has 2 aromatic carbocycles. The Bertz CT molecular complexity index is 679. The Morgan fingerprint density at radius 1 is 0.955 bits per heavy atom. The van der Waals surface area contributed by atoms with Crippen molar-refractivity contribution in [3.63, 3.8) is 0 Å². The highest BCUT2D eigenvalue weighted by Crippen LogP contribution is 2.20. The first kappa shape index (κ1) is 14.3. The van der Waals surface area contributed by atoms with Crippen LogP contribution >= 0.6 is 0 Å². The summed E-state index contributed by atoms with van der Waals surface area (Å²) in [6.07, 6.45) is -0.873. The third kappa shape index (κ3) is 3.01. The van der Waals surface area contributed by atoms with Crippen molar-refractivity contribution in [2.24, 2.45) is 0 Å². The van der Waals surface area contributed by atoms with Gasteiger partial charge in [0.2, 0.25) is 0 Å². The standard InChI is InChI=1S/C18H17NO3/c1-13-7-9-15(10-8-13)12-19-17(20)16(22-18(19)21)11-14-5-3-2-4-6-14/h2-10,16H,11-12H2,1H3. The summed E-state index contributed by atoms with van der Waals surface area (Å²) in [4.78, 5) is 25.5. The number of aryl methyl sites for hydroxylation is 1. The zero-order valence-electron chi connectivity index (χ0n) is 12.4. The highest BCUT2D eigenvalue weighted by atomic mass is 16.6. The second-order valence-corrected chi connectivity index (χ2v) is 5.47. The molecule has 0 N–H and O–H groups in total. The molecule has 0 radical (unpaired) electrons. The van der Waals surface area contributed by atoms with Crippen molar-refractivity contribution >= 4 is 12.0 Å². The van der Waals surface area contributed by atoms with E-state index in [-0.39, 0.29) is 12.5 Å². The van der Waals surface area contributed by atoms with Crippen LogP contribution in [0.1, 0.15) is 16.7 Å². The van der Waals surface area contributed by atoms with E-state index >= 15 is 0 Å². The second kappa shape index (κ2) is 6.02. The third-order valence-electron chi connectivity index (χ3n) is 3.73. The minimum absolute atomic E-state index is 0.253. The Hall–Kier alpha value is -2.62. The van der Waals surface area contributed by atoms with Crippen molar-refractivity contribution in [1.82, 2.24) is 4.90 Å². The van der Waals surface area contributed by atoms with Crippen molar-refractivity contribution in [3.05, 3.63) is 71.3 Å². The molecule has 4 heteroatoms. The molecule has 0 aromatic heterocycles. The van der Waals surface area contributed by atoms with Gasteiger partial charge in [0.25, 0.3) is 5.91 Å². The van der Waals surface area contributed by atoms with Gasteiger partial charge >= 0.3 is 6.09 Å². The van der Waals surface area contributed by atoms with Crippen LogP contribution in [0.25, 0.3) is 0 Å². The molecule has 0 aliphatic carbocycles. The summed E-state index contributed by atoms with van der Waals surface area (Å²) in [5, 5.41) is 0. The second-order valence-electron chi connectivity index (χ2n) is 5.47. The van der Waals surface area contributed by atoms with Gasteiger partial charge in [-0.2, -0.15) is 0 Å². The Kier molecular flexibility index (Phi) is 3.92. The van der Waals surface area contributed by atoms with Crippen LogP contribution in [0, 0.1) is 6.92 Å². The number of hydrogen-bond donors (Lipinski definition) is 0. The summed E-state index contributed by atoms with van der Waals surface area (Å²) in [5.41, 5.74) is 3.03. The predicted octanol–water partition coefficient (Wildman–Crippen LogP) is 3.09. The SMILES string of the molecule is Cc1ccc(CN2C(=O)OC(Cc3ccccc3)C2=O)cc1. The van der Waals surface area contributed by atoms with E-state index in [9.17, 15) is 9.59 Å². The van der Waals surface area contributed by atoms with Crippen LogP contribution in [0.4, 0.5) is 4.79 Å². The van der Waals surface area contributed by atoms with E-state index in [1.807, 2.05) is 61.5 Å². The summed E-state index contributed by atoms with van der Waals surface area (Å²) < 4.78 is 5.22. The molecule has 4 nitrogen and oxygen atoms in total. The Balaban J connectivity index is 1.70. The number of hydrogen-bond acceptors (Lipinski definition) is 3. The normalized spacial score (nSPS) is 17.7. The topological polar surface area (TPSA) is 46.6 Å². The highest BCUT2D eigenvalue weighted by molar-refractivity contribution is 6.00. The zero-order valence-corrected chi connectivity index (χ0v) is 12.4. The van der Waals surface area contributed by atoms with Crippen LogP contribution in [0.15, 0.2) is 54.6 Å². The molecule has 112 valence electrons. The molecule has 0 spiro atoms. The number of benzene rings is 2. The van der Waals surface area contributed by atoms with E-state index < -0.39 is 12.2 Å². The van der Waals surface area contributed by atoms with Crippen molar-refractivity contribution in [1.29, 1.82) is 0 Å². The largest absolute Gasteiger partial charge is 0.435 e. The van der Waals surface area contributed by atoms with Crippen molar-refractivity contribution in [3.8, 4) is 0 Å². The lowest BCUT2D eigenvalue weighted by Crippen LogP contribution is -2.31.